The van der Waals surface area contributed by atoms with E-state index in [4.69, 9.17) is 4.74 Å². The number of rotatable bonds is 3. The van der Waals surface area contributed by atoms with E-state index in [1.54, 1.807) is 19.2 Å². The fourth-order valence-electron chi connectivity index (χ4n) is 3.83. The summed E-state index contributed by atoms with van der Waals surface area (Å²) in [6.45, 7) is 0. The molecule has 122 valence electrons. The van der Waals surface area contributed by atoms with Crippen LogP contribution in [0.15, 0.2) is 54.6 Å². The van der Waals surface area contributed by atoms with Crippen molar-refractivity contribution in [2.75, 3.05) is 12.4 Å². The highest BCUT2D eigenvalue weighted by Gasteiger charge is 2.38. The van der Waals surface area contributed by atoms with Crippen LogP contribution in [-0.4, -0.2) is 12.0 Å². The summed E-state index contributed by atoms with van der Waals surface area (Å²) < 4.78 is 5.36. The van der Waals surface area contributed by atoms with Crippen molar-refractivity contribution in [2.24, 2.45) is 5.92 Å². The molecular formula is C19H18N2O3. The normalized spacial score (nSPS) is 24.0. The molecule has 2 aliphatic rings. The summed E-state index contributed by atoms with van der Waals surface area (Å²) in [4.78, 5) is 10.5. The van der Waals surface area contributed by atoms with E-state index in [0.717, 1.165) is 23.4 Å². The molecule has 2 aromatic carbocycles. The van der Waals surface area contributed by atoms with E-state index < -0.39 is 0 Å². The second-order valence-electron chi connectivity index (χ2n) is 6.28. The Balaban J connectivity index is 1.71. The van der Waals surface area contributed by atoms with Gasteiger partial charge >= 0.3 is 0 Å². The molecule has 0 saturated heterocycles. The van der Waals surface area contributed by atoms with Gasteiger partial charge in [-0.15, -0.1) is 0 Å². The molecule has 1 aliphatic carbocycles. The molecule has 0 spiro atoms. The summed E-state index contributed by atoms with van der Waals surface area (Å²) in [6, 6.07) is 13.1. The van der Waals surface area contributed by atoms with Crippen LogP contribution in [0, 0.1) is 16.0 Å². The van der Waals surface area contributed by atoms with E-state index in [2.05, 4.69) is 29.6 Å². The van der Waals surface area contributed by atoms with Crippen LogP contribution in [0.5, 0.6) is 5.75 Å². The fraction of sp³-hybridized carbons (Fsp3) is 0.263. The Kier molecular flexibility index (Phi) is 3.49. The van der Waals surface area contributed by atoms with Crippen LogP contribution in [0.3, 0.4) is 0 Å². The van der Waals surface area contributed by atoms with Gasteiger partial charge in [0.25, 0.3) is 5.69 Å². The first-order valence-corrected chi connectivity index (χ1v) is 8.03. The average Bonchev–Trinajstić information content (AvgIpc) is 3.10. The van der Waals surface area contributed by atoms with Crippen LogP contribution < -0.4 is 10.1 Å². The van der Waals surface area contributed by atoms with Crippen molar-refractivity contribution >= 4 is 11.4 Å². The smallest absolute Gasteiger partial charge is 0.269 e. The lowest BCUT2D eigenvalue weighted by Crippen LogP contribution is -2.29. The van der Waals surface area contributed by atoms with Crippen LogP contribution in [-0.2, 0) is 0 Å². The number of nitrogens with zero attached hydrogens (tertiary/aromatic N) is 1. The topological polar surface area (TPSA) is 64.4 Å². The van der Waals surface area contributed by atoms with Gasteiger partial charge in [0.05, 0.1) is 18.1 Å². The number of anilines is 1. The monoisotopic (exact) mass is 322 g/mol. The summed E-state index contributed by atoms with van der Waals surface area (Å²) >= 11 is 0. The molecule has 3 atom stereocenters. The van der Waals surface area contributed by atoms with Crippen molar-refractivity contribution in [3.05, 3.63) is 75.9 Å². The van der Waals surface area contributed by atoms with Crippen molar-refractivity contribution in [3.63, 3.8) is 0 Å². The molecule has 1 heterocycles. The van der Waals surface area contributed by atoms with Crippen molar-refractivity contribution in [1.82, 2.24) is 0 Å². The molecule has 24 heavy (non-hydrogen) atoms. The van der Waals surface area contributed by atoms with E-state index in [1.807, 2.05) is 18.2 Å². The first-order valence-electron chi connectivity index (χ1n) is 8.03. The minimum absolute atomic E-state index is 0.126. The molecule has 0 amide bonds. The summed E-state index contributed by atoms with van der Waals surface area (Å²) in [5, 5.41) is 14.5. The van der Waals surface area contributed by atoms with Gasteiger partial charge in [-0.1, -0.05) is 24.3 Å². The predicted octanol–water partition coefficient (Wildman–Crippen LogP) is 4.43. The van der Waals surface area contributed by atoms with Gasteiger partial charge in [-0.2, -0.15) is 0 Å². The fourth-order valence-corrected chi connectivity index (χ4v) is 3.83. The Morgan fingerprint density at radius 2 is 2.00 bits per heavy atom. The zero-order valence-electron chi connectivity index (χ0n) is 13.3. The lowest BCUT2D eigenvalue weighted by molar-refractivity contribution is -0.384. The highest BCUT2D eigenvalue weighted by molar-refractivity contribution is 5.61. The third kappa shape index (κ3) is 2.33. The Labute approximate surface area is 140 Å². The first kappa shape index (κ1) is 14.8. The largest absolute Gasteiger partial charge is 0.497 e. The number of benzene rings is 2. The highest BCUT2D eigenvalue weighted by Crippen LogP contribution is 2.50. The van der Waals surface area contributed by atoms with E-state index >= 15 is 0 Å². The lowest BCUT2D eigenvalue weighted by atomic mass is 9.77. The van der Waals surface area contributed by atoms with Gasteiger partial charge in [-0.05, 0) is 41.7 Å². The van der Waals surface area contributed by atoms with Crippen LogP contribution in [0.2, 0.25) is 0 Å². The summed E-state index contributed by atoms with van der Waals surface area (Å²) in [6.07, 6.45) is 5.49. The molecule has 1 N–H and O–H groups in total. The maximum atomic E-state index is 10.9. The van der Waals surface area contributed by atoms with Gasteiger partial charge in [0, 0.05) is 23.7 Å². The van der Waals surface area contributed by atoms with Crippen molar-refractivity contribution in [1.29, 1.82) is 0 Å². The number of fused-ring (bicyclic) bond motifs is 3. The number of hydrogen-bond acceptors (Lipinski definition) is 4. The molecule has 0 fully saturated rings. The maximum absolute atomic E-state index is 10.9. The van der Waals surface area contributed by atoms with Crippen molar-refractivity contribution < 1.29 is 9.66 Å². The standard InChI is InChI=1S/C19H18N2O3/c1-24-14-9-10-18-17(11-14)15-3-2-4-16(15)19(20-18)12-5-7-13(8-6-12)21(22)23/h2-3,5-11,15-16,19-20H,4H2,1H3/t15-,16-,19+/m1/s1. The van der Waals surface area contributed by atoms with Gasteiger partial charge in [-0.3, -0.25) is 10.1 Å². The van der Waals surface area contributed by atoms with E-state index in [9.17, 15) is 10.1 Å². The molecule has 5 nitrogen and oxygen atoms in total. The Hall–Kier alpha value is -2.82. The Morgan fingerprint density at radius 1 is 1.21 bits per heavy atom. The number of nitro benzene ring substituents is 1. The molecule has 4 rings (SSSR count). The lowest BCUT2D eigenvalue weighted by Gasteiger charge is -2.37. The number of nitrogens with one attached hydrogen (secondary N) is 1. The second kappa shape index (κ2) is 5.67. The highest BCUT2D eigenvalue weighted by atomic mass is 16.6. The van der Waals surface area contributed by atoms with E-state index in [-0.39, 0.29) is 16.7 Å². The molecule has 0 unspecified atom stereocenters. The van der Waals surface area contributed by atoms with Gasteiger partial charge in [0.2, 0.25) is 0 Å². The molecule has 0 aromatic heterocycles. The molecule has 0 bridgehead atoms. The average molecular weight is 322 g/mol. The first-order chi connectivity index (χ1) is 11.7. The summed E-state index contributed by atoms with van der Waals surface area (Å²) in [5.74, 6) is 1.62. The Morgan fingerprint density at radius 3 is 2.71 bits per heavy atom. The molecule has 0 saturated carbocycles. The quantitative estimate of drug-likeness (QED) is 0.516. The van der Waals surface area contributed by atoms with Crippen LogP contribution >= 0.6 is 0 Å². The SMILES string of the molecule is COc1ccc2c(c1)[C@@H]1C=CC[C@H]1[C@H](c1ccc([N+](=O)[O-])cc1)N2. The molecule has 2 aromatic rings. The molecule has 5 heteroatoms. The number of allylic oxidation sites excluding steroid dienone is 2. The molecular weight excluding hydrogens is 304 g/mol. The van der Waals surface area contributed by atoms with Crippen molar-refractivity contribution in [2.45, 2.75) is 18.4 Å². The number of hydrogen-bond donors (Lipinski definition) is 1. The summed E-state index contributed by atoms with van der Waals surface area (Å²) in [5.41, 5.74) is 3.57. The predicted molar refractivity (Wildman–Crippen MR) is 92.4 cm³/mol. The maximum Gasteiger partial charge on any atom is 0.269 e. The second-order valence-corrected chi connectivity index (χ2v) is 6.28. The Bertz CT molecular complexity index is 814. The minimum atomic E-state index is -0.362. The van der Waals surface area contributed by atoms with Gasteiger partial charge < -0.3 is 10.1 Å². The number of nitro groups is 1. The van der Waals surface area contributed by atoms with Crippen LogP contribution in [0.1, 0.15) is 29.5 Å². The number of methoxy groups -OCH3 is 1. The van der Waals surface area contributed by atoms with Gasteiger partial charge in [-0.25, -0.2) is 0 Å². The van der Waals surface area contributed by atoms with E-state index in [1.165, 1.54) is 5.56 Å². The zero-order valence-corrected chi connectivity index (χ0v) is 13.3. The number of ether oxygens (including phenoxy) is 1. The van der Waals surface area contributed by atoms with Crippen molar-refractivity contribution in [3.8, 4) is 5.75 Å². The van der Waals surface area contributed by atoms with Gasteiger partial charge in [0.1, 0.15) is 5.75 Å². The van der Waals surface area contributed by atoms with Gasteiger partial charge in [0.15, 0.2) is 0 Å². The van der Waals surface area contributed by atoms with Crippen LogP contribution in [0.4, 0.5) is 11.4 Å². The summed E-state index contributed by atoms with van der Waals surface area (Å²) in [7, 11) is 1.68. The minimum Gasteiger partial charge on any atom is -0.497 e. The molecule has 0 radical (unpaired) electrons. The molecule has 1 aliphatic heterocycles. The third-order valence-corrected chi connectivity index (χ3v) is 5.03. The number of non-ortho nitro benzene ring substituents is 1. The third-order valence-electron chi connectivity index (χ3n) is 5.03. The zero-order chi connectivity index (χ0) is 16.7. The van der Waals surface area contributed by atoms with Crippen LogP contribution in [0.25, 0.3) is 0 Å². The van der Waals surface area contributed by atoms with E-state index in [0.29, 0.717) is 11.8 Å².